The first kappa shape index (κ1) is 17.1. The molecule has 0 aliphatic carbocycles. The number of ether oxygens (including phenoxy) is 1. The van der Waals surface area contributed by atoms with E-state index in [9.17, 15) is 13.2 Å². The smallest absolute Gasteiger partial charge is 0.338 e. The lowest BCUT2D eigenvalue weighted by molar-refractivity contribution is 0.0443. The standard InChI is InChI=1S/C13H18BrNO4S/c1-3-4-9(2)8-19-13(16)10-5-6-11(14)12(7-10)20(15,17)18/h5-7,9H,3-4,8H2,1-2H3,(H2,15,17,18). The van der Waals surface area contributed by atoms with Crippen molar-refractivity contribution < 1.29 is 17.9 Å². The van der Waals surface area contributed by atoms with Crippen molar-refractivity contribution in [3.05, 3.63) is 28.2 Å². The fourth-order valence-electron chi connectivity index (χ4n) is 1.73. The fourth-order valence-corrected chi connectivity index (χ4v) is 3.28. The zero-order valence-corrected chi connectivity index (χ0v) is 13.8. The van der Waals surface area contributed by atoms with Crippen molar-refractivity contribution >= 4 is 31.9 Å². The molecule has 112 valence electrons. The molecule has 0 saturated carbocycles. The fraction of sp³-hybridized carbons (Fsp3) is 0.462. The molecule has 20 heavy (non-hydrogen) atoms. The van der Waals surface area contributed by atoms with Gasteiger partial charge in [-0.1, -0.05) is 20.3 Å². The van der Waals surface area contributed by atoms with E-state index in [0.29, 0.717) is 11.1 Å². The van der Waals surface area contributed by atoms with E-state index in [2.05, 4.69) is 22.9 Å². The zero-order chi connectivity index (χ0) is 15.3. The molecule has 0 aliphatic heterocycles. The number of sulfonamides is 1. The van der Waals surface area contributed by atoms with Crippen molar-refractivity contribution in [1.82, 2.24) is 0 Å². The number of esters is 1. The van der Waals surface area contributed by atoms with Crippen LogP contribution in [-0.2, 0) is 14.8 Å². The molecule has 0 heterocycles. The Balaban J connectivity index is 2.85. The van der Waals surface area contributed by atoms with Gasteiger partial charge in [0.2, 0.25) is 10.0 Å². The number of rotatable bonds is 6. The first-order valence-electron chi connectivity index (χ1n) is 6.25. The highest BCUT2D eigenvalue weighted by Crippen LogP contribution is 2.22. The molecule has 0 amide bonds. The number of primary sulfonamides is 1. The molecule has 0 aliphatic rings. The summed E-state index contributed by atoms with van der Waals surface area (Å²) in [5, 5.41) is 5.08. The Morgan fingerprint density at radius 1 is 1.45 bits per heavy atom. The van der Waals surface area contributed by atoms with E-state index in [1.165, 1.54) is 18.2 Å². The van der Waals surface area contributed by atoms with Crippen LogP contribution >= 0.6 is 15.9 Å². The van der Waals surface area contributed by atoms with Gasteiger partial charge in [-0.3, -0.25) is 0 Å². The Kier molecular flexibility index (Phi) is 6.16. The van der Waals surface area contributed by atoms with E-state index in [0.717, 1.165) is 12.8 Å². The summed E-state index contributed by atoms with van der Waals surface area (Å²) in [4.78, 5) is 11.7. The third-order valence-corrected chi connectivity index (χ3v) is 4.66. The van der Waals surface area contributed by atoms with Crippen LogP contribution in [0.5, 0.6) is 0 Å². The van der Waals surface area contributed by atoms with Crippen molar-refractivity contribution in [2.24, 2.45) is 11.1 Å². The minimum atomic E-state index is -3.88. The van der Waals surface area contributed by atoms with Crippen LogP contribution < -0.4 is 5.14 Å². The lowest BCUT2D eigenvalue weighted by atomic mass is 10.1. The normalized spacial score (nSPS) is 13.0. The Morgan fingerprint density at radius 3 is 2.65 bits per heavy atom. The average molecular weight is 364 g/mol. The maximum atomic E-state index is 11.9. The van der Waals surface area contributed by atoms with E-state index in [-0.39, 0.29) is 16.4 Å². The van der Waals surface area contributed by atoms with Gasteiger partial charge in [0, 0.05) is 4.47 Å². The number of carbonyl (C=O) groups is 1. The number of nitrogens with two attached hydrogens (primary N) is 1. The Hall–Kier alpha value is -0.920. The zero-order valence-electron chi connectivity index (χ0n) is 11.4. The molecule has 1 aromatic rings. The maximum absolute atomic E-state index is 11.9. The molecule has 0 fully saturated rings. The highest BCUT2D eigenvalue weighted by Gasteiger charge is 2.17. The van der Waals surface area contributed by atoms with Crippen LogP contribution in [-0.4, -0.2) is 21.0 Å². The van der Waals surface area contributed by atoms with Gasteiger partial charge in [0.25, 0.3) is 0 Å². The summed E-state index contributed by atoms with van der Waals surface area (Å²) in [6, 6.07) is 4.17. The predicted molar refractivity (Wildman–Crippen MR) is 79.9 cm³/mol. The van der Waals surface area contributed by atoms with Gasteiger partial charge in [-0.25, -0.2) is 18.4 Å². The number of benzene rings is 1. The second kappa shape index (κ2) is 7.19. The molecule has 1 atom stereocenters. The second-order valence-electron chi connectivity index (χ2n) is 4.68. The quantitative estimate of drug-likeness (QED) is 0.787. The highest BCUT2D eigenvalue weighted by molar-refractivity contribution is 9.10. The van der Waals surface area contributed by atoms with E-state index >= 15 is 0 Å². The lowest BCUT2D eigenvalue weighted by Gasteiger charge is -2.11. The molecule has 1 aromatic carbocycles. The summed E-state index contributed by atoms with van der Waals surface area (Å²) >= 11 is 3.09. The van der Waals surface area contributed by atoms with E-state index in [4.69, 9.17) is 9.88 Å². The van der Waals surface area contributed by atoms with Crippen LogP contribution in [0.1, 0.15) is 37.0 Å². The molecule has 5 nitrogen and oxygen atoms in total. The van der Waals surface area contributed by atoms with Gasteiger partial charge in [0.05, 0.1) is 17.1 Å². The van der Waals surface area contributed by atoms with Crippen molar-refractivity contribution in [3.8, 4) is 0 Å². The molecule has 0 radical (unpaired) electrons. The van der Waals surface area contributed by atoms with Gasteiger partial charge in [-0.05, 0) is 46.5 Å². The number of hydrogen-bond donors (Lipinski definition) is 1. The number of carbonyl (C=O) groups excluding carboxylic acids is 1. The maximum Gasteiger partial charge on any atom is 0.338 e. The van der Waals surface area contributed by atoms with Crippen LogP contribution in [0.2, 0.25) is 0 Å². The van der Waals surface area contributed by atoms with Gasteiger partial charge >= 0.3 is 5.97 Å². The lowest BCUT2D eigenvalue weighted by Crippen LogP contribution is -2.15. The molecule has 0 spiro atoms. The third kappa shape index (κ3) is 4.88. The van der Waals surface area contributed by atoms with E-state index in [1.807, 2.05) is 6.92 Å². The minimum absolute atomic E-state index is 0.131. The topological polar surface area (TPSA) is 86.5 Å². The third-order valence-electron chi connectivity index (χ3n) is 2.75. The van der Waals surface area contributed by atoms with Gasteiger partial charge < -0.3 is 4.74 Å². The van der Waals surface area contributed by atoms with Crippen molar-refractivity contribution in [3.63, 3.8) is 0 Å². The molecular formula is C13H18BrNO4S. The molecule has 2 N–H and O–H groups in total. The summed E-state index contributed by atoms with van der Waals surface area (Å²) in [6.07, 6.45) is 1.99. The summed E-state index contributed by atoms with van der Waals surface area (Å²) < 4.78 is 28.2. The van der Waals surface area contributed by atoms with Gasteiger partial charge in [-0.2, -0.15) is 0 Å². The highest BCUT2D eigenvalue weighted by atomic mass is 79.9. The SMILES string of the molecule is CCCC(C)COC(=O)c1ccc(Br)c(S(N)(=O)=O)c1. The van der Waals surface area contributed by atoms with Gasteiger partial charge in [0.15, 0.2) is 0 Å². The summed E-state index contributed by atoms with van der Waals surface area (Å²) in [6.45, 7) is 4.37. The Morgan fingerprint density at radius 2 is 2.10 bits per heavy atom. The van der Waals surface area contributed by atoms with Crippen LogP contribution in [0.3, 0.4) is 0 Å². The Labute approximate surface area is 127 Å². The summed E-state index contributed by atoms with van der Waals surface area (Å²) in [7, 11) is -3.88. The van der Waals surface area contributed by atoms with Crippen LogP contribution in [0.25, 0.3) is 0 Å². The molecule has 1 unspecified atom stereocenters. The largest absolute Gasteiger partial charge is 0.462 e. The molecule has 0 bridgehead atoms. The molecule has 0 aromatic heterocycles. The number of hydrogen-bond acceptors (Lipinski definition) is 4. The van der Waals surface area contributed by atoms with Crippen molar-refractivity contribution in [2.75, 3.05) is 6.61 Å². The van der Waals surface area contributed by atoms with Crippen LogP contribution in [0, 0.1) is 5.92 Å². The molecular weight excluding hydrogens is 346 g/mol. The second-order valence-corrected chi connectivity index (χ2v) is 7.07. The first-order chi connectivity index (χ1) is 9.25. The van der Waals surface area contributed by atoms with Crippen molar-refractivity contribution in [1.29, 1.82) is 0 Å². The number of halogens is 1. The monoisotopic (exact) mass is 363 g/mol. The molecule has 1 rings (SSSR count). The van der Waals surface area contributed by atoms with E-state index < -0.39 is 16.0 Å². The Bertz CT molecular complexity index is 586. The predicted octanol–water partition coefficient (Wildman–Crippen LogP) is 2.69. The van der Waals surface area contributed by atoms with Gasteiger partial charge in [-0.15, -0.1) is 0 Å². The summed E-state index contributed by atoms with van der Waals surface area (Å²) in [5.74, 6) is -0.275. The molecule has 0 saturated heterocycles. The van der Waals surface area contributed by atoms with Crippen molar-refractivity contribution in [2.45, 2.75) is 31.6 Å². The van der Waals surface area contributed by atoms with Crippen LogP contribution in [0.15, 0.2) is 27.6 Å². The van der Waals surface area contributed by atoms with Crippen LogP contribution in [0.4, 0.5) is 0 Å². The molecule has 7 heteroatoms. The average Bonchev–Trinajstić information content (AvgIpc) is 2.35. The summed E-state index contributed by atoms with van der Waals surface area (Å²) in [5.41, 5.74) is 0.168. The van der Waals surface area contributed by atoms with E-state index in [1.54, 1.807) is 0 Å². The van der Waals surface area contributed by atoms with Gasteiger partial charge in [0.1, 0.15) is 0 Å². The minimum Gasteiger partial charge on any atom is -0.462 e. The first-order valence-corrected chi connectivity index (χ1v) is 8.59.